The van der Waals surface area contributed by atoms with Crippen LogP contribution < -0.4 is 5.73 Å². The van der Waals surface area contributed by atoms with Crippen LogP contribution in [0.25, 0.3) is 0 Å². The molecule has 1 saturated heterocycles. The SMILES string of the molecule is NC1CC(N2C(=O)CCCCC2=O)C1. The molecule has 0 atom stereocenters. The van der Waals surface area contributed by atoms with E-state index in [0.717, 1.165) is 25.7 Å². The van der Waals surface area contributed by atoms with Crippen LogP contribution in [0.4, 0.5) is 0 Å². The molecule has 1 aliphatic heterocycles. The maximum absolute atomic E-state index is 11.6. The van der Waals surface area contributed by atoms with E-state index in [0.29, 0.717) is 12.8 Å². The first-order valence-corrected chi connectivity index (χ1v) is 5.29. The Morgan fingerprint density at radius 3 is 2.00 bits per heavy atom. The molecule has 1 aliphatic carbocycles. The van der Waals surface area contributed by atoms with Crippen molar-refractivity contribution in [2.45, 2.75) is 50.6 Å². The lowest BCUT2D eigenvalue weighted by Crippen LogP contribution is -2.54. The maximum Gasteiger partial charge on any atom is 0.229 e. The van der Waals surface area contributed by atoms with Gasteiger partial charge in [-0.25, -0.2) is 0 Å². The van der Waals surface area contributed by atoms with E-state index < -0.39 is 0 Å². The van der Waals surface area contributed by atoms with E-state index in [4.69, 9.17) is 5.73 Å². The molecule has 0 unspecified atom stereocenters. The third-order valence-corrected chi connectivity index (χ3v) is 3.08. The van der Waals surface area contributed by atoms with E-state index in [1.54, 1.807) is 0 Å². The summed E-state index contributed by atoms with van der Waals surface area (Å²) in [6.07, 6.45) is 4.32. The van der Waals surface area contributed by atoms with E-state index in [-0.39, 0.29) is 23.9 Å². The van der Waals surface area contributed by atoms with Gasteiger partial charge >= 0.3 is 0 Å². The van der Waals surface area contributed by atoms with Gasteiger partial charge in [0, 0.05) is 24.9 Å². The Labute approximate surface area is 83.4 Å². The van der Waals surface area contributed by atoms with Gasteiger partial charge in [-0.15, -0.1) is 0 Å². The van der Waals surface area contributed by atoms with Crippen LogP contribution in [0.1, 0.15) is 38.5 Å². The second-order valence-electron chi connectivity index (χ2n) is 4.25. The van der Waals surface area contributed by atoms with Crippen molar-refractivity contribution in [2.75, 3.05) is 0 Å². The van der Waals surface area contributed by atoms with Gasteiger partial charge in [0.05, 0.1) is 0 Å². The third-order valence-electron chi connectivity index (χ3n) is 3.08. The Kier molecular flexibility index (Phi) is 2.54. The number of carbonyl (C=O) groups excluding carboxylic acids is 2. The van der Waals surface area contributed by atoms with E-state index in [1.165, 1.54) is 4.90 Å². The number of nitrogens with zero attached hydrogens (tertiary/aromatic N) is 1. The zero-order chi connectivity index (χ0) is 10.1. The summed E-state index contributed by atoms with van der Waals surface area (Å²) >= 11 is 0. The van der Waals surface area contributed by atoms with Crippen LogP contribution in [0.5, 0.6) is 0 Å². The van der Waals surface area contributed by atoms with Crippen LogP contribution in [0.3, 0.4) is 0 Å². The molecule has 0 radical (unpaired) electrons. The van der Waals surface area contributed by atoms with Crippen molar-refractivity contribution in [1.82, 2.24) is 4.90 Å². The van der Waals surface area contributed by atoms with Crippen molar-refractivity contribution in [2.24, 2.45) is 5.73 Å². The highest BCUT2D eigenvalue weighted by atomic mass is 16.2. The Morgan fingerprint density at radius 1 is 1.07 bits per heavy atom. The first-order chi connectivity index (χ1) is 6.68. The Morgan fingerprint density at radius 2 is 1.57 bits per heavy atom. The molecule has 1 heterocycles. The fourth-order valence-electron chi connectivity index (χ4n) is 2.18. The summed E-state index contributed by atoms with van der Waals surface area (Å²) in [6, 6.07) is 0.284. The number of imide groups is 1. The molecule has 2 amide bonds. The lowest BCUT2D eigenvalue weighted by molar-refractivity contribution is -0.148. The molecule has 14 heavy (non-hydrogen) atoms. The van der Waals surface area contributed by atoms with Gasteiger partial charge in [0.15, 0.2) is 0 Å². The third kappa shape index (κ3) is 1.66. The van der Waals surface area contributed by atoms with E-state index in [9.17, 15) is 9.59 Å². The van der Waals surface area contributed by atoms with Crippen molar-refractivity contribution in [3.63, 3.8) is 0 Å². The minimum absolute atomic E-state index is 0.00407. The van der Waals surface area contributed by atoms with Crippen LogP contribution in [-0.4, -0.2) is 28.8 Å². The molecular weight excluding hydrogens is 180 g/mol. The normalized spacial score (nSPS) is 33.9. The molecule has 0 aromatic carbocycles. The first-order valence-electron chi connectivity index (χ1n) is 5.29. The van der Waals surface area contributed by atoms with Crippen LogP contribution in [0.2, 0.25) is 0 Å². The zero-order valence-electron chi connectivity index (χ0n) is 8.24. The molecule has 4 nitrogen and oxygen atoms in total. The zero-order valence-corrected chi connectivity index (χ0v) is 8.24. The standard InChI is InChI=1S/C10H16N2O2/c11-7-5-8(6-7)12-9(13)3-1-2-4-10(12)14/h7-8H,1-6,11H2. The number of amides is 2. The number of carbonyl (C=O) groups is 2. The fraction of sp³-hybridized carbons (Fsp3) is 0.800. The average Bonchev–Trinajstić information content (AvgIpc) is 2.24. The van der Waals surface area contributed by atoms with Gasteiger partial charge in [-0.3, -0.25) is 14.5 Å². The quantitative estimate of drug-likeness (QED) is 0.618. The van der Waals surface area contributed by atoms with E-state index in [2.05, 4.69) is 0 Å². The highest BCUT2D eigenvalue weighted by Gasteiger charge is 2.37. The lowest BCUT2D eigenvalue weighted by atomic mass is 9.86. The molecule has 0 aromatic heterocycles. The monoisotopic (exact) mass is 196 g/mol. The summed E-state index contributed by atoms with van der Waals surface area (Å²) in [7, 11) is 0. The summed E-state index contributed by atoms with van der Waals surface area (Å²) < 4.78 is 0. The molecular formula is C10H16N2O2. The first kappa shape index (κ1) is 9.65. The van der Waals surface area contributed by atoms with Crippen molar-refractivity contribution in [1.29, 1.82) is 0 Å². The van der Waals surface area contributed by atoms with Gasteiger partial charge in [0.25, 0.3) is 0 Å². The van der Waals surface area contributed by atoms with Crippen LogP contribution in [0.15, 0.2) is 0 Å². The van der Waals surface area contributed by atoms with Crippen molar-refractivity contribution in [3.8, 4) is 0 Å². The van der Waals surface area contributed by atoms with Crippen LogP contribution in [0, 0.1) is 0 Å². The summed E-state index contributed by atoms with van der Waals surface area (Å²) in [6.45, 7) is 0. The van der Waals surface area contributed by atoms with Crippen molar-refractivity contribution >= 4 is 11.8 Å². The van der Waals surface area contributed by atoms with Gasteiger partial charge in [0.1, 0.15) is 0 Å². The lowest BCUT2D eigenvalue weighted by Gasteiger charge is -2.39. The number of hydrogen-bond donors (Lipinski definition) is 1. The predicted octanol–water partition coefficient (Wildman–Crippen LogP) is 0.405. The molecule has 4 heteroatoms. The minimum atomic E-state index is 0.00407. The van der Waals surface area contributed by atoms with Crippen LogP contribution >= 0.6 is 0 Å². The number of likely N-dealkylation sites (tertiary alicyclic amines) is 1. The highest BCUT2D eigenvalue weighted by molar-refractivity contribution is 5.96. The Bertz CT molecular complexity index is 241. The number of nitrogens with two attached hydrogens (primary N) is 1. The topological polar surface area (TPSA) is 63.4 Å². The predicted molar refractivity (Wildman–Crippen MR) is 51.3 cm³/mol. The summed E-state index contributed by atoms with van der Waals surface area (Å²) in [5.74, 6) is 0.00815. The maximum atomic E-state index is 11.6. The molecule has 2 rings (SSSR count). The van der Waals surface area contributed by atoms with Crippen LogP contribution in [-0.2, 0) is 9.59 Å². The molecule has 2 N–H and O–H groups in total. The highest BCUT2D eigenvalue weighted by Crippen LogP contribution is 2.27. The largest absolute Gasteiger partial charge is 0.328 e. The van der Waals surface area contributed by atoms with Gasteiger partial charge < -0.3 is 5.73 Å². The van der Waals surface area contributed by atoms with Gasteiger partial charge in [-0.05, 0) is 25.7 Å². The molecule has 1 saturated carbocycles. The van der Waals surface area contributed by atoms with Gasteiger partial charge in [-0.1, -0.05) is 0 Å². The van der Waals surface area contributed by atoms with Gasteiger partial charge in [-0.2, -0.15) is 0 Å². The second kappa shape index (κ2) is 3.69. The summed E-state index contributed by atoms with van der Waals surface area (Å²) in [5.41, 5.74) is 5.66. The average molecular weight is 196 g/mol. The summed E-state index contributed by atoms with van der Waals surface area (Å²) in [5, 5.41) is 0. The molecule has 2 fully saturated rings. The Hall–Kier alpha value is -0.900. The molecule has 0 aromatic rings. The second-order valence-corrected chi connectivity index (χ2v) is 4.25. The molecule has 0 bridgehead atoms. The van der Waals surface area contributed by atoms with Crippen molar-refractivity contribution in [3.05, 3.63) is 0 Å². The van der Waals surface area contributed by atoms with Gasteiger partial charge in [0.2, 0.25) is 11.8 Å². The fourth-order valence-corrected chi connectivity index (χ4v) is 2.18. The van der Waals surface area contributed by atoms with E-state index in [1.807, 2.05) is 0 Å². The number of rotatable bonds is 1. The van der Waals surface area contributed by atoms with E-state index >= 15 is 0 Å². The summed E-state index contributed by atoms with van der Waals surface area (Å²) in [4.78, 5) is 24.7. The Balaban J connectivity index is 2.05. The molecule has 2 aliphatic rings. The smallest absolute Gasteiger partial charge is 0.229 e. The molecule has 0 spiro atoms. The van der Waals surface area contributed by atoms with Crippen molar-refractivity contribution < 1.29 is 9.59 Å². The number of hydrogen-bond acceptors (Lipinski definition) is 3. The molecule has 78 valence electrons. The minimum Gasteiger partial charge on any atom is -0.328 e.